The molecular weight excluding hydrogens is 435 g/mol. The van der Waals surface area contributed by atoms with Crippen LogP contribution in [0, 0.1) is 12.7 Å². The Morgan fingerprint density at radius 3 is 2.66 bits per heavy atom. The molecule has 0 saturated carbocycles. The van der Waals surface area contributed by atoms with Crippen molar-refractivity contribution in [3.8, 4) is 0 Å². The van der Waals surface area contributed by atoms with Crippen molar-refractivity contribution in [3.05, 3.63) is 74.9 Å². The molecule has 0 unspecified atom stereocenters. The Hall–Kier alpha value is -2.42. The molecule has 3 rings (SSSR count). The molecule has 150 valence electrons. The third-order valence-electron chi connectivity index (χ3n) is 3.68. The van der Waals surface area contributed by atoms with Crippen molar-refractivity contribution in [2.75, 3.05) is 11.9 Å². The summed E-state index contributed by atoms with van der Waals surface area (Å²) >= 11 is 9.08. The van der Waals surface area contributed by atoms with Crippen LogP contribution in [0.5, 0.6) is 0 Å². The van der Waals surface area contributed by atoms with E-state index >= 15 is 0 Å². The molecule has 9 heteroatoms. The fourth-order valence-corrected chi connectivity index (χ4v) is 4.03. The number of nitrogens with zero attached hydrogens (tertiary/aromatic N) is 1. The first kappa shape index (κ1) is 21.3. The number of carbonyl (C=O) groups excluding carboxylic acids is 2. The number of amides is 1. The van der Waals surface area contributed by atoms with Crippen molar-refractivity contribution in [1.29, 1.82) is 0 Å². The van der Waals surface area contributed by atoms with Crippen LogP contribution in [0.4, 0.5) is 10.1 Å². The fraction of sp³-hybridized carbons (Fsp3) is 0.150. The van der Waals surface area contributed by atoms with Gasteiger partial charge in [-0.3, -0.25) is 4.79 Å². The minimum absolute atomic E-state index is 0.0607. The van der Waals surface area contributed by atoms with Crippen LogP contribution in [0.1, 0.15) is 21.1 Å². The standard InChI is InChI=1S/C20H16ClFN2O3S2/c1-12-23-15(10-28-12)11-29-16-5-2-13(3-6-16)20(26)27-9-19(25)24-18-7-4-14(22)8-17(18)21/h2-8,10H,9,11H2,1H3,(H,24,25). The van der Waals surface area contributed by atoms with Gasteiger partial charge in [0.05, 0.1) is 27.0 Å². The topological polar surface area (TPSA) is 68.3 Å². The normalized spacial score (nSPS) is 10.6. The first-order valence-corrected chi connectivity index (χ1v) is 10.7. The van der Waals surface area contributed by atoms with Crippen LogP contribution in [0.25, 0.3) is 0 Å². The van der Waals surface area contributed by atoms with Crippen LogP contribution in [0.15, 0.2) is 52.7 Å². The van der Waals surface area contributed by atoms with Gasteiger partial charge in [-0.1, -0.05) is 11.6 Å². The second-order valence-corrected chi connectivity index (χ2v) is 8.44. The summed E-state index contributed by atoms with van der Waals surface area (Å²) in [5, 5.41) is 5.58. The number of aromatic nitrogens is 1. The molecule has 3 aromatic rings. The summed E-state index contributed by atoms with van der Waals surface area (Å²) in [6.45, 7) is 1.49. The van der Waals surface area contributed by atoms with Crippen LogP contribution in [-0.4, -0.2) is 23.5 Å². The second-order valence-electron chi connectivity index (χ2n) is 5.92. The number of thioether (sulfide) groups is 1. The number of esters is 1. The third kappa shape index (κ3) is 6.28. The van der Waals surface area contributed by atoms with E-state index in [9.17, 15) is 14.0 Å². The highest BCUT2D eigenvalue weighted by atomic mass is 35.5. The van der Waals surface area contributed by atoms with Gasteiger partial charge in [0, 0.05) is 16.0 Å². The zero-order valence-electron chi connectivity index (χ0n) is 15.3. The van der Waals surface area contributed by atoms with Crippen molar-refractivity contribution in [3.63, 3.8) is 0 Å². The molecule has 1 amide bonds. The molecule has 0 atom stereocenters. The number of hydrogen-bond donors (Lipinski definition) is 1. The van der Waals surface area contributed by atoms with E-state index in [-0.39, 0.29) is 10.7 Å². The van der Waals surface area contributed by atoms with Gasteiger partial charge in [-0.25, -0.2) is 14.2 Å². The van der Waals surface area contributed by atoms with Crippen LogP contribution in [0.2, 0.25) is 5.02 Å². The number of aryl methyl sites for hydroxylation is 1. The van der Waals surface area contributed by atoms with Gasteiger partial charge in [-0.05, 0) is 49.4 Å². The Labute approximate surface area is 180 Å². The van der Waals surface area contributed by atoms with Crippen LogP contribution < -0.4 is 5.32 Å². The quantitative estimate of drug-likeness (QED) is 0.389. The number of thiazole rings is 1. The first-order chi connectivity index (χ1) is 13.9. The Morgan fingerprint density at radius 2 is 2.00 bits per heavy atom. The van der Waals surface area contributed by atoms with E-state index in [2.05, 4.69) is 10.3 Å². The molecule has 0 aliphatic carbocycles. The first-order valence-electron chi connectivity index (χ1n) is 8.46. The van der Waals surface area contributed by atoms with E-state index in [1.807, 2.05) is 24.4 Å². The summed E-state index contributed by atoms with van der Waals surface area (Å²) in [5.41, 5.74) is 1.60. The number of ether oxygens (including phenoxy) is 1. The van der Waals surface area contributed by atoms with Crippen molar-refractivity contribution in [2.45, 2.75) is 17.6 Å². The van der Waals surface area contributed by atoms with Gasteiger partial charge in [-0.2, -0.15) is 0 Å². The van der Waals surface area contributed by atoms with Gasteiger partial charge < -0.3 is 10.1 Å². The maximum atomic E-state index is 13.0. The van der Waals surface area contributed by atoms with Gasteiger partial charge >= 0.3 is 5.97 Å². The molecule has 0 saturated heterocycles. The molecule has 0 fully saturated rings. The van der Waals surface area contributed by atoms with E-state index in [0.29, 0.717) is 5.56 Å². The number of halogens is 2. The number of anilines is 1. The zero-order valence-corrected chi connectivity index (χ0v) is 17.7. The molecule has 0 radical (unpaired) electrons. The van der Waals surface area contributed by atoms with Crippen LogP contribution >= 0.6 is 34.7 Å². The molecule has 1 aromatic heterocycles. The molecule has 1 heterocycles. The van der Waals surface area contributed by atoms with Crippen molar-refractivity contribution >= 4 is 52.3 Å². The molecule has 0 aliphatic rings. The number of carbonyl (C=O) groups is 2. The summed E-state index contributed by atoms with van der Waals surface area (Å²) in [6.07, 6.45) is 0. The lowest BCUT2D eigenvalue weighted by atomic mass is 10.2. The Balaban J connectivity index is 1.48. The Bertz CT molecular complexity index is 1020. The fourth-order valence-electron chi connectivity index (χ4n) is 2.31. The lowest BCUT2D eigenvalue weighted by Gasteiger charge is -2.08. The molecule has 29 heavy (non-hydrogen) atoms. The minimum atomic E-state index is -0.614. The molecule has 0 bridgehead atoms. The van der Waals surface area contributed by atoms with Crippen molar-refractivity contribution < 1.29 is 18.7 Å². The monoisotopic (exact) mass is 450 g/mol. The van der Waals surface area contributed by atoms with E-state index in [4.69, 9.17) is 16.3 Å². The van der Waals surface area contributed by atoms with E-state index < -0.39 is 24.3 Å². The lowest BCUT2D eigenvalue weighted by molar-refractivity contribution is -0.119. The largest absolute Gasteiger partial charge is 0.452 e. The summed E-state index contributed by atoms with van der Waals surface area (Å²) < 4.78 is 18.0. The Kier molecular flexibility index (Phi) is 7.24. The number of nitrogens with one attached hydrogen (secondary N) is 1. The molecule has 0 aliphatic heterocycles. The highest BCUT2D eigenvalue weighted by molar-refractivity contribution is 7.98. The number of hydrogen-bond acceptors (Lipinski definition) is 6. The maximum Gasteiger partial charge on any atom is 0.338 e. The summed E-state index contributed by atoms with van der Waals surface area (Å²) in [7, 11) is 0. The summed E-state index contributed by atoms with van der Waals surface area (Å²) in [4.78, 5) is 29.4. The van der Waals surface area contributed by atoms with E-state index in [1.54, 1.807) is 35.2 Å². The molecule has 0 spiro atoms. The van der Waals surface area contributed by atoms with Gasteiger partial charge in [0.1, 0.15) is 5.82 Å². The molecular formula is C20H16ClFN2O3S2. The smallest absolute Gasteiger partial charge is 0.338 e. The predicted molar refractivity (Wildman–Crippen MR) is 113 cm³/mol. The summed E-state index contributed by atoms with van der Waals surface area (Å²) in [5.74, 6) is -0.947. The van der Waals surface area contributed by atoms with Crippen molar-refractivity contribution in [1.82, 2.24) is 4.98 Å². The Morgan fingerprint density at radius 1 is 1.24 bits per heavy atom. The van der Waals surface area contributed by atoms with E-state index in [1.165, 1.54) is 12.1 Å². The molecule has 2 aromatic carbocycles. The van der Waals surface area contributed by atoms with Gasteiger partial charge in [0.15, 0.2) is 6.61 Å². The highest BCUT2D eigenvalue weighted by Crippen LogP contribution is 2.24. The lowest BCUT2D eigenvalue weighted by Crippen LogP contribution is -2.21. The van der Waals surface area contributed by atoms with Crippen LogP contribution in [0.3, 0.4) is 0 Å². The maximum absolute atomic E-state index is 13.0. The second kappa shape index (κ2) is 9.87. The average Bonchev–Trinajstić information content (AvgIpc) is 3.12. The number of benzene rings is 2. The van der Waals surface area contributed by atoms with Crippen LogP contribution in [-0.2, 0) is 15.3 Å². The average molecular weight is 451 g/mol. The molecule has 5 nitrogen and oxygen atoms in total. The molecule has 1 N–H and O–H groups in total. The number of rotatable bonds is 7. The minimum Gasteiger partial charge on any atom is -0.452 e. The van der Waals surface area contributed by atoms with Gasteiger partial charge in [0.25, 0.3) is 5.91 Å². The SMILES string of the molecule is Cc1nc(CSc2ccc(C(=O)OCC(=O)Nc3ccc(F)cc3Cl)cc2)cs1. The van der Waals surface area contributed by atoms with Gasteiger partial charge in [0.2, 0.25) is 0 Å². The van der Waals surface area contributed by atoms with Crippen molar-refractivity contribution in [2.24, 2.45) is 0 Å². The van der Waals surface area contributed by atoms with Gasteiger partial charge in [-0.15, -0.1) is 23.1 Å². The van der Waals surface area contributed by atoms with E-state index in [0.717, 1.165) is 27.4 Å². The predicted octanol–water partition coefficient (Wildman–Crippen LogP) is 5.33. The highest BCUT2D eigenvalue weighted by Gasteiger charge is 2.12. The third-order valence-corrected chi connectivity index (χ3v) is 5.86. The summed E-state index contributed by atoms with van der Waals surface area (Å²) in [6, 6.07) is 10.5. The zero-order chi connectivity index (χ0) is 20.8.